The second kappa shape index (κ2) is 8.77. The first kappa shape index (κ1) is 15.8. The molecule has 0 saturated carbocycles. The second-order valence-corrected chi connectivity index (χ2v) is 5.83. The van der Waals surface area contributed by atoms with Crippen molar-refractivity contribution in [3.8, 4) is 0 Å². The Bertz CT molecular complexity index is 352. The smallest absolute Gasteiger partial charge is 0.0465 e. The highest BCUT2D eigenvalue weighted by atomic mass is 35.5. The van der Waals surface area contributed by atoms with Gasteiger partial charge in [-0.1, -0.05) is 24.6 Å². The molecule has 0 bridgehead atoms. The molecule has 0 radical (unpaired) electrons. The molecule has 0 aliphatic heterocycles. The van der Waals surface area contributed by atoms with Crippen LogP contribution < -0.4 is 11.3 Å². The summed E-state index contributed by atoms with van der Waals surface area (Å²) < 4.78 is 5.09. The molecule has 0 saturated heterocycles. The van der Waals surface area contributed by atoms with Gasteiger partial charge in [0.15, 0.2) is 0 Å². The number of methoxy groups -OCH3 is 1. The molecule has 0 aromatic heterocycles. The van der Waals surface area contributed by atoms with Crippen LogP contribution in [0.3, 0.4) is 0 Å². The Morgan fingerprint density at radius 2 is 2.28 bits per heavy atom. The van der Waals surface area contributed by atoms with Gasteiger partial charge in [-0.2, -0.15) is 0 Å². The van der Waals surface area contributed by atoms with Crippen molar-refractivity contribution in [2.75, 3.05) is 19.5 Å². The molecule has 0 amide bonds. The van der Waals surface area contributed by atoms with Crippen molar-refractivity contribution in [1.82, 2.24) is 5.43 Å². The van der Waals surface area contributed by atoms with E-state index in [1.807, 2.05) is 18.2 Å². The van der Waals surface area contributed by atoms with Gasteiger partial charge in [-0.05, 0) is 30.5 Å². The van der Waals surface area contributed by atoms with Gasteiger partial charge in [-0.25, -0.2) is 0 Å². The first-order valence-electron chi connectivity index (χ1n) is 6.00. The van der Waals surface area contributed by atoms with E-state index in [-0.39, 0.29) is 6.04 Å². The van der Waals surface area contributed by atoms with E-state index in [1.165, 1.54) is 4.90 Å². The summed E-state index contributed by atoms with van der Waals surface area (Å²) >= 11 is 7.72. The number of nitrogens with one attached hydrogen (secondary N) is 1. The van der Waals surface area contributed by atoms with E-state index < -0.39 is 0 Å². The Kier molecular flexibility index (Phi) is 7.70. The van der Waals surface area contributed by atoms with Crippen LogP contribution in [0.15, 0.2) is 29.2 Å². The molecule has 18 heavy (non-hydrogen) atoms. The van der Waals surface area contributed by atoms with Crippen LogP contribution in [-0.2, 0) is 4.74 Å². The molecule has 102 valence electrons. The number of benzene rings is 1. The third-order valence-electron chi connectivity index (χ3n) is 2.90. The molecule has 2 atom stereocenters. The van der Waals surface area contributed by atoms with Gasteiger partial charge in [-0.15, -0.1) is 11.8 Å². The van der Waals surface area contributed by atoms with Crippen LogP contribution in [0.2, 0.25) is 5.02 Å². The van der Waals surface area contributed by atoms with E-state index in [2.05, 4.69) is 18.4 Å². The number of hydrogen-bond donors (Lipinski definition) is 2. The number of thioether (sulfide) groups is 1. The van der Waals surface area contributed by atoms with E-state index in [1.54, 1.807) is 18.9 Å². The molecule has 2 unspecified atom stereocenters. The summed E-state index contributed by atoms with van der Waals surface area (Å²) in [5, 5.41) is 0.768. The normalized spacial score (nSPS) is 14.4. The monoisotopic (exact) mass is 288 g/mol. The fourth-order valence-corrected chi connectivity index (χ4v) is 3.06. The highest BCUT2D eigenvalue weighted by Crippen LogP contribution is 2.24. The summed E-state index contributed by atoms with van der Waals surface area (Å²) in [5.74, 6) is 7.00. The van der Waals surface area contributed by atoms with Crippen LogP contribution in [0, 0.1) is 5.92 Å². The van der Waals surface area contributed by atoms with Gasteiger partial charge in [-0.3, -0.25) is 11.3 Å². The van der Waals surface area contributed by atoms with Gasteiger partial charge in [0.05, 0.1) is 0 Å². The largest absolute Gasteiger partial charge is 0.385 e. The predicted octanol–water partition coefficient (Wildman–Crippen LogP) is 2.94. The molecule has 1 rings (SSSR count). The van der Waals surface area contributed by atoms with E-state index in [0.717, 1.165) is 23.8 Å². The highest BCUT2D eigenvalue weighted by Gasteiger charge is 2.15. The minimum atomic E-state index is 0.268. The minimum Gasteiger partial charge on any atom is -0.385 e. The van der Waals surface area contributed by atoms with Crippen molar-refractivity contribution in [3.63, 3.8) is 0 Å². The van der Waals surface area contributed by atoms with Crippen LogP contribution in [0.5, 0.6) is 0 Å². The molecule has 5 heteroatoms. The van der Waals surface area contributed by atoms with Gasteiger partial charge in [0.1, 0.15) is 0 Å². The molecule has 1 aromatic rings. The lowest BCUT2D eigenvalue weighted by atomic mass is 10.0. The van der Waals surface area contributed by atoms with E-state index in [0.29, 0.717) is 5.92 Å². The summed E-state index contributed by atoms with van der Waals surface area (Å²) in [6.45, 7) is 2.95. The lowest BCUT2D eigenvalue weighted by molar-refractivity contribution is 0.172. The average molecular weight is 289 g/mol. The zero-order chi connectivity index (χ0) is 13.4. The molecular formula is C13H21ClN2OS. The fourth-order valence-electron chi connectivity index (χ4n) is 1.62. The van der Waals surface area contributed by atoms with E-state index in [4.69, 9.17) is 22.2 Å². The summed E-state index contributed by atoms with van der Waals surface area (Å²) in [6, 6.07) is 8.14. The maximum absolute atomic E-state index is 5.95. The number of rotatable bonds is 8. The van der Waals surface area contributed by atoms with Gasteiger partial charge in [0.2, 0.25) is 0 Å². The van der Waals surface area contributed by atoms with Crippen molar-refractivity contribution in [2.45, 2.75) is 24.3 Å². The van der Waals surface area contributed by atoms with Crippen LogP contribution in [-0.4, -0.2) is 25.5 Å². The van der Waals surface area contributed by atoms with Crippen molar-refractivity contribution in [3.05, 3.63) is 29.3 Å². The first-order chi connectivity index (χ1) is 8.67. The topological polar surface area (TPSA) is 47.3 Å². The van der Waals surface area contributed by atoms with Gasteiger partial charge in [0.25, 0.3) is 0 Å². The van der Waals surface area contributed by atoms with Gasteiger partial charge >= 0.3 is 0 Å². The van der Waals surface area contributed by atoms with Crippen LogP contribution in [0.4, 0.5) is 0 Å². The summed E-state index contributed by atoms with van der Waals surface area (Å²) in [7, 11) is 1.72. The third kappa shape index (κ3) is 5.59. The molecule has 3 nitrogen and oxygen atoms in total. The minimum absolute atomic E-state index is 0.268. The SMILES string of the molecule is COCCC(C)C(CSc1cccc(Cl)c1)NN. The number of halogens is 1. The number of hydrazine groups is 1. The van der Waals surface area contributed by atoms with Crippen LogP contribution >= 0.6 is 23.4 Å². The Morgan fingerprint density at radius 3 is 2.89 bits per heavy atom. The van der Waals surface area contributed by atoms with Crippen molar-refractivity contribution in [1.29, 1.82) is 0 Å². The molecule has 0 spiro atoms. The summed E-state index contributed by atoms with van der Waals surface area (Å²) in [5.41, 5.74) is 2.89. The van der Waals surface area contributed by atoms with Crippen LogP contribution in [0.1, 0.15) is 13.3 Å². The Hall–Kier alpha value is -0.260. The predicted molar refractivity (Wildman–Crippen MR) is 78.9 cm³/mol. The Labute approximate surface area is 118 Å². The molecule has 3 N–H and O–H groups in total. The third-order valence-corrected chi connectivity index (χ3v) is 4.25. The molecule has 0 fully saturated rings. The number of nitrogens with two attached hydrogens (primary N) is 1. The maximum atomic E-state index is 5.95. The Balaban J connectivity index is 2.43. The Morgan fingerprint density at radius 1 is 1.50 bits per heavy atom. The number of ether oxygens (including phenoxy) is 1. The van der Waals surface area contributed by atoms with Crippen LogP contribution in [0.25, 0.3) is 0 Å². The zero-order valence-corrected chi connectivity index (χ0v) is 12.4. The van der Waals surface area contributed by atoms with Crippen molar-refractivity contribution >= 4 is 23.4 Å². The molecular weight excluding hydrogens is 268 g/mol. The average Bonchev–Trinajstić information content (AvgIpc) is 2.37. The van der Waals surface area contributed by atoms with Gasteiger partial charge < -0.3 is 4.74 Å². The van der Waals surface area contributed by atoms with Gasteiger partial charge in [0, 0.05) is 35.4 Å². The second-order valence-electron chi connectivity index (χ2n) is 4.30. The lowest BCUT2D eigenvalue weighted by Gasteiger charge is -2.22. The zero-order valence-electron chi connectivity index (χ0n) is 10.9. The van der Waals surface area contributed by atoms with Crippen molar-refractivity contribution < 1.29 is 4.74 Å². The lowest BCUT2D eigenvalue weighted by Crippen LogP contribution is -2.42. The summed E-state index contributed by atoms with van der Waals surface area (Å²) in [6.07, 6.45) is 1.00. The molecule has 0 aliphatic rings. The molecule has 0 heterocycles. The van der Waals surface area contributed by atoms with Crippen molar-refractivity contribution in [2.24, 2.45) is 11.8 Å². The molecule has 1 aromatic carbocycles. The first-order valence-corrected chi connectivity index (χ1v) is 7.37. The van der Waals surface area contributed by atoms with E-state index >= 15 is 0 Å². The van der Waals surface area contributed by atoms with E-state index in [9.17, 15) is 0 Å². The number of hydrogen-bond acceptors (Lipinski definition) is 4. The quantitative estimate of drug-likeness (QED) is 0.439. The fraction of sp³-hybridized carbons (Fsp3) is 0.538. The molecule has 0 aliphatic carbocycles. The summed E-state index contributed by atoms with van der Waals surface area (Å²) in [4.78, 5) is 1.17. The standard InChI is InChI=1S/C13H21ClN2OS/c1-10(6-7-17-2)13(16-15)9-18-12-5-3-4-11(14)8-12/h3-5,8,10,13,16H,6-7,9,15H2,1-2H3. The maximum Gasteiger partial charge on any atom is 0.0465 e. The highest BCUT2D eigenvalue weighted by molar-refractivity contribution is 7.99.